The normalized spacial score (nSPS) is 29.2. The molecule has 23 heavy (non-hydrogen) atoms. The number of aliphatic carboxylic acids is 1. The Kier molecular flexibility index (Phi) is 9.44. The lowest BCUT2D eigenvalue weighted by Crippen LogP contribution is -2.21. The van der Waals surface area contributed by atoms with E-state index >= 15 is 0 Å². The second-order valence-electron chi connectivity index (χ2n) is 6.70. The van der Waals surface area contributed by atoms with Crippen LogP contribution in [0.5, 0.6) is 0 Å². The second kappa shape index (κ2) is 10.8. The van der Waals surface area contributed by atoms with Crippen molar-refractivity contribution in [2.24, 2.45) is 11.8 Å². The fourth-order valence-corrected chi connectivity index (χ4v) is 3.39. The smallest absolute Gasteiger partial charge is 0.303 e. The maximum atomic E-state index is 10.5. The van der Waals surface area contributed by atoms with E-state index in [-0.39, 0.29) is 18.3 Å². The van der Waals surface area contributed by atoms with Crippen molar-refractivity contribution < 1.29 is 25.2 Å². The van der Waals surface area contributed by atoms with Crippen LogP contribution in [-0.4, -0.2) is 44.7 Å². The summed E-state index contributed by atoms with van der Waals surface area (Å²) in [4.78, 5) is 10.5. The molecule has 0 aliphatic heterocycles. The number of unbranched alkanes of at least 4 members (excludes halogenated alkanes) is 3. The van der Waals surface area contributed by atoms with Crippen molar-refractivity contribution in [3.8, 4) is 0 Å². The monoisotopic (exact) mass is 328 g/mol. The lowest BCUT2D eigenvalue weighted by atomic mass is 9.88. The Labute approximate surface area is 139 Å². The van der Waals surface area contributed by atoms with Crippen molar-refractivity contribution in [1.29, 1.82) is 0 Å². The predicted molar refractivity (Wildman–Crippen MR) is 89.0 cm³/mol. The number of carboxylic acids is 1. The summed E-state index contributed by atoms with van der Waals surface area (Å²) in [5.74, 6) is -1.02. The molecule has 0 aromatic heterocycles. The van der Waals surface area contributed by atoms with E-state index in [0.29, 0.717) is 19.3 Å². The van der Waals surface area contributed by atoms with Gasteiger partial charge in [0.05, 0.1) is 18.3 Å². The third kappa shape index (κ3) is 7.46. The Morgan fingerprint density at radius 1 is 1.17 bits per heavy atom. The molecule has 0 heterocycles. The molecule has 0 aromatic rings. The standard InChI is InChI=1S/C18H32O5/c1-2-3-4-7-13(19)10-11-15-14(16(20)12-17(15)21)8-5-6-9-18(22)23/h10-11,13-17,19-21H,2-9,12H2,1H3,(H,22,23)/b11-10+/t13-,14-,15+,16-,17+/m0/s1. The fourth-order valence-electron chi connectivity index (χ4n) is 3.39. The Morgan fingerprint density at radius 2 is 1.91 bits per heavy atom. The Bertz CT molecular complexity index is 368. The third-order valence-electron chi connectivity index (χ3n) is 4.75. The van der Waals surface area contributed by atoms with E-state index in [1.165, 1.54) is 0 Å². The van der Waals surface area contributed by atoms with Gasteiger partial charge in [-0.1, -0.05) is 44.8 Å². The van der Waals surface area contributed by atoms with Crippen LogP contribution in [0.15, 0.2) is 12.2 Å². The summed E-state index contributed by atoms with van der Waals surface area (Å²) in [6.45, 7) is 2.12. The van der Waals surface area contributed by atoms with Crippen molar-refractivity contribution >= 4 is 5.97 Å². The van der Waals surface area contributed by atoms with E-state index < -0.39 is 24.3 Å². The lowest BCUT2D eigenvalue weighted by Gasteiger charge is -2.21. The molecule has 1 aliphatic rings. The minimum Gasteiger partial charge on any atom is -0.481 e. The summed E-state index contributed by atoms with van der Waals surface area (Å²) in [5, 5.41) is 38.8. The van der Waals surface area contributed by atoms with E-state index in [1.807, 2.05) is 6.08 Å². The van der Waals surface area contributed by atoms with E-state index in [2.05, 4.69) is 6.92 Å². The van der Waals surface area contributed by atoms with Crippen molar-refractivity contribution in [1.82, 2.24) is 0 Å². The molecule has 4 N–H and O–H groups in total. The fraction of sp³-hybridized carbons (Fsp3) is 0.833. The van der Waals surface area contributed by atoms with Gasteiger partial charge in [-0.3, -0.25) is 4.79 Å². The van der Waals surface area contributed by atoms with Gasteiger partial charge >= 0.3 is 5.97 Å². The van der Waals surface area contributed by atoms with Gasteiger partial charge in [0.1, 0.15) is 0 Å². The van der Waals surface area contributed by atoms with Gasteiger partial charge in [-0.15, -0.1) is 0 Å². The molecule has 5 heteroatoms. The molecule has 1 aliphatic carbocycles. The number of rotatable bonds is 11. The summed E-state index contributed by atoms with van der Waals surface area (Å²) in [7, 11) is 0. The van der Waals surface area contributed by atoms with Gasteiger partial charge in [0.25, 0.3) is 0 Å². The summed E-state index contributed by atoms with van der Waals surface area (Å²) < 4.78 is 0. The first-order valence-electron chi connectivity index (χ1n) is 8.90. The first-order chi connectivity index (χ1) is 11.0. The summed E-state index contributed by atoms with van der Waals surface area (Å²) >= 11 is 0. The second-order valence-corrected chi connectivity index (χ2v) is 6.70. The van der Waals surface area contributed by atoms with Gasteiger partial charge in [-0.05, 0) is 25.2 Å². The zero-order valence-electron chi connectivity index (χ0n) is 14.1. The number of hydrogen-bond acceptors (Lipinski definition) is 4. The zero-order valence-corrected chi connectivity index (χ0v) is 14.1. The van der Waals surface area contributed by atoms with Crippen molar-refractivity contribution in [3.63, 3.8) is 0 Å². The van der Waals surface area contributed by atoms with E-state index in [4.69, 9.17) is 5.11 Å². The molecular formula is C18H32O5. The molecule has 1 saturated carbocycles. The molecule has 0 aromatic carbocycles. The summed E-state index contributed by atoms with van der Waals surface area (Å²) in [6.07, 6.45) is 8.37. The van der Waals surface area contributed by atoms with Crippen molar-refractivity contribution in [2.45, 2.75) is 83.0 Å². The zero-order chi connectivity index (χ0) is 17.2. The van der Waals surface area contributed by atoms with Crippen LogP contribution in [-0.2, 0) is 4.79 Å². The first-order valence-corrected chi connectivity index (χ1v) is 8.90. The lowest BCUT2D eigenvalue weighted by molar-refractivity contribution is -0.137. The number of aliphatic hydroxyl groups excluding tert-OH is 3. The minimum atomic E-state index is -0.802. The van der Waals surface area contributed by atoms with Crippen LogP contribution < -0.4 is 0 Å². The van der Waals surface area contributed by atoms with Gasteiger partial charge in [0.2, 0.25) is 0 Å². The van der Waals surface area contributed by atoms with Crippen LogP contribution in [0.1, 0.15) is 64.7 Å². The molecule has 5 atom stereocenters. The van der Waals surface area contributed by atoms with Crippen molar-refractivity contribution in [2.75, 3.05) is 0 Å². The van der Waals surface area contributed by atoms with E-state index in [1.54, 1.807) is 6.08 Å². The molecule has 0 bridgehead atoms. The largest absolute Gasteiger partial charge is 0.481 e. The Balaban J connectivity index is 2.46. The maximum Gasteiger partial charge on any atom is 0.303 e. The Hall–Kier alpha value is -0.910. The quantitative estimate of drug-likeness (QED) is 0.345. The van der Waals surface area contributed by atoms with Crippen LogP contribution in [0.25, 0.3) is 0 Å². The molecule has 0 saturated heterocycles. The van der Waals surface area contributed by atoms with Gasteiger partial charge in [0, 0.05) is 18.8 Å². The molecule has 134 valence electrons. The van der Waals surface area contributed by atoms with Gasteiger partial charge in [-0.2, -0.15) is 0 Å². The SMILES string of the molecule is CCCCC[C@H](O)/C=C/[C@@H]1[C@H](CCCCC(=O)O)[C@@H](O)C[C@H]1O. The van der Waals surface area contributed by atoms with Gasteiger partial charge < -0.3 is 20.4 Å². The highest BCUT2D eigenvalue weighted by molar-refractivity contribution is 5.66. The van der Waals surface area contributed by atoms with Gasteiger partial charge in [0.15, 0.2) is 0 Å². The number of carboxylic acid groups (broad SMARTS) is 1. The highest BCUT2D eigenvalue weighted by Crippen LogP contribution is 2.37. The molecular weight excluding hydrogens is 296 g/mol. The van der Waals surface area contributed by atoms with Crippen LogP contribution in [0.4, 0.5) is 0 Å². The summed E-state index contributed by atoms with van der Waals surface area (Å²) in [5.41, 5.74) is 0. The molecule has 0 unspecified atom stereocenters. The number of aliphatic hydroxyl groups is 3. The van der Waals surface area contributed by atoms with Crippen LogP contribution in [0.3, 0.4) is 0 Å². The molecule has 0 radical (unpaired) electrons. The van der Waals surface area contributed by atoms with Crippen molar-refractivity contribution in [3.05, 3.63) is 12.2 Å². The first kappa shape index (κ1) is 20.1. The van der Waals surface area contributed by atoms with Crippen LogP contribution in [0.2, 0.25) is 0 Å². The number of hydrogen-bond donors (Lipinski definition) is 4. The van der Waals surface area contributed by atoms with Crippen LogP contribution in [0, 0.1) is 11.8 Å². The topological polar surface area (TPSA) is 98.0 Å². The van der Waals surface area contributed by atoms with E-state index in [0.717, 1.165) is 32.1 Å². The van der Waals surface area contributed by atoms with E-state index in [9.17, 15) is 20.1 Å². The average molecular weight is 328 g/mol. The van der Waals surface area contributed by atoms with Crippen LogP contribution >= 0.6 is 0 Å². The highest BCUT2D eigenvalue weighted by atomic mass is 16.4. The maximum absolute atomic E-state index is 10.5. The summed E-state index contributed by atoms with van der Waals surface area (Å²) in [6, 6.07) is 0. The predicted octanol–water partition coefficient (Wildman–Crippen LogP) is 2.49. The Morgan fingerprint density at radius 3 is 2.57 bits per heavy atom. The van der Waals surface area contributed by atoms with Gasteiger partial charge in [-0.25, -0.2) is 0 Å². The average Bonchev–Trinajstić information content (AvgIpc) is 2.75. The molecule has 5 nitrogen and oxygen atoms in total. The minimum absolute atomic E-state index is 0.0575. The molecule has 0 spiro atoms. The number of carbonyl (C=O) groups is 1. The molecule has 1 rings (SSSR count). The molecule has 1 fully saturated rings. The highest BCUT2D eigenvalue weighted by Gasteiger charge is 2.39. The molecule has 0 amide bonds. The third-order valence-corrected chi connectivity index (χ3v) is 4.75.